The Bertz CT molecular complexity index is 575. The Morgan fingerprint density at radius 1 is 1.33 bits per heavy atom. The van der Waals surface area contributed by atoms with Gasteiger partial charge in [-0.2, -0.15) is 0 Å². The van der Waals surface area contributed by atoms with Gasteiger partial charge in [0.2, 0.25) is 0 Å². The number of nitrogens with zero attached hydrogens (tertiary/aromatic N) is 2. The molecule has 2 N–H and O–H groups in total. The van der Waals surface area contributed by atoms with Crippen molar-refractivity contribution in [2.75, 3.05) is 0 Å². The molecular weight excluding hydrogens is 294 g/mol. The second-order valence-corrected chi connectivity index (χ2v) is 5.56. The van der Waals surface area contributed by atoms with Crippen LogP contribution in [-0.4, -0.2) is 22.1 Å². The minimum absolute atomic E-state index is 0.205. The maximum absolute atomic E-state index is 6.00. The standard InChI is InChI=1S/C13H14BrN3O/c14-8-5-11-13(17-7-8)12(3-4-16-11)18-10-2-1-9(15)6-10/h3-5,7,9-10H,1-2,6,15H2. The summed E-state index contributed by atoms with van der Waals surface area (Å²) in [6, 6.07) is 4.08. The number of aromatic nitrogens is 2. The normalized spacial score (nSPS) is 23.4. The zero-order valence-electron chi connectivity index (χ0n) is 9.84. The van der Waals surface area contributed by atoms with E-state index in [-0.39, 0.29) is 12.1 Å². The average molecular weight is 308 g/mol. The molecule has 1 saturated carbocycles. The topological polar surface area (TPSA) is 61.0 Å². The summed E-state index contributed by atoms with van der Waals surface area (Å²) in [5, 5.41) is 0. The molecule has 3 rings (SSSR count). The van der Waals surface area contributed by atoms with Crippen LogP contribution >= 0.6 is 15.9 Å². The predicted octanol–water partition coefficient (Wildman–Crippen LogP) is 2.65. The molecule has 0 aliphatic heterocycles. The summed E-state index contributed by atoms with van der Waals surface area (Å²) in [5.74, 6) is 0.798. The minimum Gasteiger partial charge on any atom is -0.488 e. The first kappa shape index (κ1) is 11.9. The van der Waals surface area contributed by atoms with Gasteiger partial charge >= 0.3 is 0 Å². The Kier molecular flexibility index (Phi) is 3.18. The molecule has 5 heteroatoms. The van der Waals surface area contributed by atoms with Crippen LogP contribution in [0.3, 0.4) is 0 Å². The fraction of sp³-hybridized carbons (Fsp3) is 0.385. The zero-order valence-corrected chi connectivity index (χ0v) is 11.4. The van der Waals surface area contributed by atoms with Crippen molar-refractivity contribution in [1.29, 1.82) is 0 Å². The number of halogens is 1. The van der Waals surface area contributed by atoms with Crippen LogP contribution in [0, 0.1) is 0 Å². The van der Waals surface area contributed by atoms with Gasteiger partial charge < -0.3 is 10.5 Å². The van der Waals surface area contributed by atoms with Gasteiger partial charge in [0, 0.05) is 29.0 Å². The van der Waals surface area contributed by atoms with E-state index in [9.17, 15) is 0 Å². The SMILES string of the molecule is NC1CCC(Oc2ccnc3cc(Br)cnc23)C1. The van der Waals surface area contributed by atoms with Gasteiger partial charge in [-0.15, -0.1) is 0 Å². The molecule has 1 aliphatic rings. The van der Waals surface area contributed by atoms with Gasteiger partial charge in [0.25, 0.3) is 0 Å². The summed E-state index contributed by atoms with van der Waals surface area (Å²) in [7, 11) is 0. The highest BCUT2D eigenvalue weighted by atomic mass is 79.9. The summed E-state index contributed by atoms with van der Waals surface area (Å²) < 4.78 is 6.92. The third kappa shape index (κ3) is 2.33. The predicted molar refractivity (Wildman–Crippen MR) is 73.5 cm³/mol. The summed E-state index contributed by atoms with van der Waals surface area (Å²) in [4.78, 5) is 8.67. The quantitative estimate of drug-likeness (QED) is 0.926. The van der Waals surface area contributed by atoms with Crippen LogP contribution in [0.2, 0.25) is 0 Å². The monoisotopic (exact) mass is 307 g/mol. The largest absolute Gasteiger partial charge is 0.488 e. The molecular formula is C13H14BrN3O. The Balaban J connectivity index is 1.92. The Hall–Kier alpha value is -1.20. The smallest absolute Gasteiger partial charge is 0.149 e. The number of fused-ring (bicyclic) bond motifs is 1. The number of nitrogens with two attached hydrogens (primary N) is 1. The Labute approximate surface area is 114 Å². The van der Waals surface area contributed by atoms with Crippen molar-refractivity contribution < 1.29 is 4.74 Å². The van der Waals surface area contributed by atoms with Crippen LogP contribution in [0.5, 0.6) is 5.75 Å². The number of pyridine rings is 2. The van der Waals surface area contributed by atoms with Gasteiger partial charge in [0.1, 0.15) is 17.4 Å². The summed E-state index contributed by atoms with van der Waals surface area (Å²) >= 11 is 3.39. The summed E-state index contributed by atoms with van der Waals surface area (Å²) in [5.41, 5.74) is 7.54. The van der Waals surface area contributed by atoms with Crippen molar-refractivity contribution >= 4 is 27.0 Å². The van der Waals surface area contributed by atoms with Gasteiger partial charge in [-0.05, 0) is 41.3 Å². The van der Waals surface area contributed by atoms with E-state index in [1.54, 1.807) is 12.4 Å². The maximum Gasteiger partial charge on any atom is 0.149 e. The van der Waals surface area contributed by atoms with E-state index in [2.05, 4.69) is 25.9 Å². The molecule has 2 unspecified atom stereocenters. The van der Waals surface area contributed by atoms with E-state index < -0.39 is 0 Å². The Morgan fingerprint density at radius 3 is 3.00 bits per heavy atom. The van der Waals surface area contributed by atoms with Crippen molar-refractivity contribution in [2.24, 2.45) is 5.73 Å². The lowest BCUT2D eigenvalue weighted by atomic mass is 10.2. The number of hydrogen-bond donors (Lipinski definition) is 1. The van der Waals surface area contributed by atoms with E-state index in [1.165, 1.54) is 0 Å². The summed E-state index contributed by atoms with van der Waals surface area (Å²) in [6.07, 6.45) is 6.68. The first-order chi connectivity index (χ1) is 8.72. The van der Waals surface area contributed by atoms with Gasteiger partial charge in [0.15, 0.2) is 0 Å². The highest BCUT2D eigenvalue weighted by Gasteiger charge is 2.23. The third-order valence-corrected chi connectivity index (χ3v) is 3.66. The molecule has 4 nitrogen and oxygen atoms in total. The highest BCUT2D eigenvalue weighted by Crippen LogP contribution is 2.28. The average Bonchev–Trinajstić information content (AvgIpc) is 2.75. The van der Waals surface area contributed by atoms with Crippen molar-refractivity contribution in [3.8, 4) is 5.75 Å². The second-order valence-electron chi connectivity index (χ2n) is 4.64. The summed E-state index contributed by atoms with van der Waals surface area (Å²) in [6.45, 7) is 0. The van der Waals surface area contributed by atoms with E-state index in [0.717, 1.165) is 40.5 Å². The lowest BCUT2D eigenvalue weighted by Crippen LogP contribution is -2.19. The molecule has 94 valence electrons. The first-order valence-electron chi connectivity index (χ1n) is 6.05. The molecule has 1 fully saturated rings. The zero-order chi connectivity index (χ0) is 12.5. The van der Waals surface area contributed by atoms with E-state index in [4.69, 9.17) is 10.5 Å². The van der Waals surface area contributed by atoms with Gasteiger partial charge in [0.05, 0.1) is 5.52 Å². The molecule has 2 aromatic heterocycles. The molecule has 1 aliphatic carbocycles. The van der Waals surface area contributed by atoms with E-state index >= 15 is 0 Å². The van der Waals surface area contributed by atoms with Crippen LogP contribution in [0.1, 0.15) is 19.3 Å². The van der Waals surface area contributed by atoms with Crippen LogP contribution in [0.25, 0.3) is 11.0 Å². The van der Waals surface area contributed by atoms with Crippen molar-refractivity contribution in [3.05, 3.63) is 29.0 Å². The lowest BCUT2D eigenvalue weighted by Gasteiger charge is -2.14. The second kappa shape index (κ2) is 4.82. The van der Waals surface area contributed by atoms with Gasteiger partial charge in [-0.3, -0.25) is 4.98 Å². The molecule has 18 heavy (non-hydrogen) atoms. The molecule has 0 bridgehead atoms. The number of rotatable bonds is 2. The van der Waals surface area contributed by atoms with Crippen molar-refractivity contribution in [1.82, 2.24) is 9.97 Å². The molecule has 0 amide bonds. The van der Waals surface area contributed by atoms with Crippen molar-refractivity contribution in [3.63, 3.8) is 0 Å². The van der Waals surface area contributed by atoms with Crippen LogP contribution < -0.4 is 10.5 Å². The molecule has 2 heterocycles. The highest BCUT2D eigenvalue weighted by molar-refractivity contribution is 9.10. The van der Waals surface area contributed by atoms with Gasteiger partial charge in [-0.1, -0.05) is 0 Å². The molecule has 2 aromatic rings. The maximum atomic E-state index is 6.00. The molecule has 2 atom stereocenters. The fourth-order valence-electron chi connectivity index (χ4n) is 2.34. The van der Waals surface area contributed by atoms with Crippen LogP contribution in [0.15, 0.2) is 29.0 Å². The number of hydrogen-bond acceptors (Lipinski definition) is 4. The minimum atomic E-state index is 0.205. The first-order valence-corrected chi connectivity index (χ1v) is 6.84. The van der Waals surface area contributed by atoms with Gasteiger partial charge in [-0.25, -0.2) is 4.98 Å². The molecule has 0 spiro atoms. The van der Waals surface area contributed by atoms with Crippen LogP contribution in [0.4, 0.5) is 0 Å². The third-order valence-electron chi connectivity index (χ3n) is 3.23. The Morgan fingerprint density at radius 2 is 2.22 bits per heavy atom. The molecule has 0 radical (unpaired) electrons. The van der Waals surface area contributed by atoms with E-state index in [1.807, 2.05) is 12.1 Å². The van der Waals surface area contributed by atoms with Crippen molar-refractivity contribution in [2.45, 2.75) is 31.4 Å². The van der Waals surface area contributed by atoms with E-state index in [0.29, 0.717) is 0 Å². The fourth-order valence-corrected chi connectivity index (χ4v) is 2.66. The number of ether oxygens (including phenoxy) is 1. The van der Waals surface area contributed by atoms with Crippen LogP contribution in [-0.2, 0) is 0 Å². The lowest BCUT2D eigenvalue weighted by molar-refractivity contribution is 0.210. The molecule has 0 aromatic carbocycles. The molecule has 0 saturated heterocycles.